The highest BCUT2D eigenvalue weighted by molar-refractivity contribution is 6.90. The Balaban J connectivity index is 0.000000196. The van der Waals surface area contributed by atoms with Gasteiger partial charge < -0.3 is 41.6 Å². The van der Waals surface area contributed by atoms with Crippen molar-refractivity contribution in [3.05, 3.63) is 97.1 Å². The summed E-state index contributed by atoms with van der Waals surface area (Å²) < 4.78 is 40.4. The zero-order valence-electron chi connectivity index (χ0n) is 44.8. The van der Waals surface area contributed by atoms with E-state index in [0.717, 1.165) is 22.1 Å². The molecule has 8 rings (SSSR count). The molecule has 3 N–H and O–H groups in total. The predicted molar refractivity (Wildman–Crippen MR) is 294 cm³/mol. The molecule has 0 saturated heterocycles. The number of aromatic nitrogens is 12. The van der Waals surface area contributed by atoms with Gasteiger partial charge >= 0.3 is 35.7 Å². The number of hydrogen-bond donors (Lipinski definition) is 3. The summed E-state index contributed by atoms with van der Waals surface area (Å²) in [5.74, 6) is -0.122. The van der Waals surface area contributed by atoms with E-state index in [9.17, 15) is 19.2 Å². The highest BCUT2D eigenvalue weighted by Crippen LogP contribution is 2.25. The summed E-state index contributed by atoms with van der Waals surface area (Å²) in [6.07, 6.45) is 0.350. The Hall–Kier alpha value is -6.60. The summed E-state index contributed by atoms with van der Waals surface area (Å²) in [6.45, 7) is 22.9. The van der Waals surface area contributed by atoms with Gasteiger partial charge in [0.25, 0.3) is 0 Å². The van der Waals surface area contributed by atoms with Crippen LogP contribution in [0.2, 0.25) is 58.9 Å². The Kier molecular flexibility index (Phi) is 20.4. The van der Waals surface area contributed by atoms with Crippen molar-refractivity contribution in [2.45, 2.75) is 72.8 Å². The molecule has 4 aromatic heterocycles. The number of para-hydroxylation sites is 4. The van der Waals surface area contributed by atoms with Crippen molar-refractivity contribution in [2.24, 2.45) is 0 Å². The molecule has 402 valence electrons. The van der Waals surface area contributed by atoms with Gasteiger partial charge in [-0.2, -0.15) is 18.7 Å². The second kappa shape index (κ2) is 25.8. The molecular weight excluding hydrogens is 1050 g/mol. The molecule has 4 heterocycles. The van der Waals surface area contributed by atoms with Crippen molar-refractivity contribution in [2.75, 3.05) is 40.2 Å². The molecule has 0 saturated carbocycles. The van der Waals surface area contributed by atoms with Crippen LogP contribution in [0.1, 0.15) is 18.6 Å². The van der Waals surface area contributed by atoms with Gasteiger partial charge in [-0.3, -0.25) is 4.79 Å². The van der Waals surface area contributed by atoms with Gasteiger partial charge in [0.15, 0.2) is 25.0 Å². The number of carbonyl (C=O) groups is 4. The summed E-state index contributed by atoms with van der Waals surface area (Å²) in [5, 5.41) is 39.3. The van der Waals surface area contributed by atoms with Crippen LogP contribution in [0.3, 0.4) is 0 Å². The van der Waals surface area contributed by atoms with E-state index in [4.69, 9.17) is 25.6 Å². The van der Waals surface area contributed by atoms with Crippen LogP contribution in [-0.2, 0) is 25.6 Å². The van der Waals surface area contributed by atoms with Gasteiger partial charge in [-0.15, -0.1) is 20.4 Å². The number of hydrogen-bond acceptors (Lipinski definition) is 18. The molecule has 0 bridgehead atoms. The van der Waals surface area contributed by atoms with Crippen LogP contribution in [0, 0.1) is 0 Å². The summed E-state index contributed by atoms with van der Waals surface area (Å²) in [5.41, 5.74) is 5.54. The van der Waals surface area contributed by atoms with E-state index in [1.165, 1.54) is 47.0 Å². The van der Waals surface area contributed by atoms with Crippen LogP contribution >= 0.6 is 0 Å². The fourth-order valence-corrected chi connectivity index (χ4v) is 22.3. The molecule has 4 aromatic carbocycles. The summed E-state index contributed by atoms with van der Waals surface area (Å²) in [6, 6.07) is 28.2. The lowest BCUT2D eigenvalue weighted by atomic mass is 10.3. The van der Waals surface area contributed by atoms with Crippen molar-refractivity contribution in [1.82, 2.24) is 75.9 Å². The standard InChI is InChI=1S/C17H34N4O4Si4.C11H16N4O4Si.C9H10N4O.C8H7N3O/c1-26(2,3)23-29(24-27(4,5)6,25-28(7,8)9)14-18-17(22)21-16-13-11-10-12-15(16)19-20-21;1-17-20(18-2,19-3)8-12-11(16)15-10-7-5-4-6-9(10)13-14-15;1-2-10-9(14)13-8-6-4-3-5-7(8)11-12-13;1-6(12)11-8-5-3-2-4-7(8)9-10-11/h10-13H,14H2,1-9H3,(H,18,22);4-7H,8H2,1-3H3,(H,12,16);3-6H,2H2,1H3,(H,10,14);2-5H,1H3. The molecule has 0 aliphatic heterocycles. The van der Waals surface area contributed by atoms with Gasteiger partial charge in [-0.05, 0) is 114 Å². The zero-order valence-corrected chi connectivity index (χ0v) is 49.8. The smallest absolute Gasteiger partial charge is 0.416 e. The first-order valence-electron chi connectivity index (χ1n) is 23.7. The first-order chi connectivity index (χ1) is 35.4. The number of rotatable bonds is 14. The second-order valence-electron chi connectivity index (χ2n) is 19.3. The molecule has 3 amide bonds. The fourth-order valence-electron chi connectivity index (χ4n) is 6.94. The van der Waals surface area contributed by atoms with Crippen molar-refractivity contribution >= 4 is 111 Å². The minimum Gasteiger partial charge on any atom is -0.416 e. The Morgan fingerprint density at radius 1 is 0.427 bits per heavy atom. The average Bonchev–Trinajstić information content (AvgIpc) is 4.18. The molecule has 8 aromatic rings. The summed E-state index contributed by atoms with van der Waals surface area (Å²) in [4.78, 5) is 47.5. The van der Waals surface area contributed by atoms with Gasteiger partial charge in [0.2, 0.25) is 5.91 Å². The molecule has 75 heavy (non-hydrogen) atoms. The van der Waals surface area contributed by atoms with Crippen LogP contribution in [0.15, 0.2) is 97.1 Å². The van der Waals surface area contributed by atoms with Crippen molar-refractivity contribution in [3.8, 4) is 0 Å². The number of benzene rings is 4. The summed E-state index contributed by atoms with van der Waals surface area (Å²) in [7, 11) is -7.57. The van der Waals surface area contributed by atoms with Gasteiger partial charge in [0.1, 0.15) is 22.1 Å². The lowest BCUT2D eigenvalue weighted by Gasteiger charge is -2.42. The third-order valence-corrected chi connectivity index (χ3v) is 24.0. The average molecular weight is 1120 g/mol. The summed E-state index contributed by atoms with van der Waals surface area (Å²) >= 11 is 0. The van der Waals surface area contributed by atoms with Crippen molar-refractivity contribution < 1.29 is 44.8 Å². The van der Waals surface area contributed by atoms with E-state index in [1.54, 1.807) is 12.1 Å². The van der Waals surface area contributed by atoms with Crippen LogP contribution in [0.25, 0.3) is 44.1 Å². The van der Waals surface area contributed by atoms with Gasteiger partial charge in [-0.1, -0.05) is 69.4 Å². The maximum atomic E-state index is 12.9. The van der Waals surface area contributed by atoms with E-state index in [-0.39, 0.29) is 30.3 Å². The molecule has 0 aliphatic carbocycles. The maximum Gasteiger partial charge on any atom is 0.520 e. The lowest BCUT2D eigenvalue weighted by Crippen LogP contribution is -2.65. The van der Waals surface area contributed by atoms with E-state index in [1.807, 2.05) is 91.9 Å². The normalized spacial score (nSPS) is 12.0. The molecule has 0 atom stereocenters. The van der Waals surface area contributed by atoms with Crippen molar-refractivity contribution in [3.63, 3.8) is 0 Å². The van der Waals surface area contributed by atoms with Gasteiger partial charge in [0, 0.05) is 34.8 Å². The van der Waals surface area contributed by atoms with Crippen LogP contribution in [0.4, 0.5) is 14.4 Å². The first kappa shape index (κ1) is 59.3. The number of nitrogens with zero attached hydrogens (tertiary/aromatic N) is 12. The monoisotopic (exact) mass is 1120 g/mol. The zero-order chi connectivity index (χ0) is 55.2. The van der Waals surface area contributed by atoms with Crippen LogP contribution in [0.5, 0.6) is 0 Å². The third kappa shape index (κ3) is 16.7. The molecule has 0 spiro atoms. The number of amides is 3. The minimum atomic E-state index is -3.15. The molecule has 0 unspecified atom stereocenters. The molecule has 25 nitrogen and oxygen atoms in total. The number of fused-ring (bicyclic) bond motifs is 4. The third-order valence-electron chi connectivity index (χ3n) is 9.84. The van der Waals surface area contributed by atoms with Crippen LogP contribution < -0.4 is 16.0 Å². The highest BCUT2D eigenvalue weighted by atomic mass is 28.5. The van der Waals surface area contributed by atoms with Crippen molar-refractivity contribution in [1.29, 1.82) is 0 Å². The van der Waals surface area contributed by atoms with Gasteiger partial charge in [0.05, 0.1) is 34.4 Å². The molecular formula is C45H67N15O10Si5. The van der Waals surface area contributed by atoms with E-state index < -0.39 is 48.6 Å². The second-order valence-corrected chi connectivity index (χ2v) is 39.0. The first-order valence-corrected chi connectivity index (χ1v) is 37.8. The Morgan fingerprint density at radius 2 is 0.693 bits per heavy atom. The van der Waals surface area contributed by atoms with Crippen LogP contribution in [-0.4, -0.2) is 167 Å². The van der Waals surface area contributed by atoms with E-state index >= 15 is 0 Å². The van der Waals surface area contributed by atoms with Gasteiger partial charge in [-0.25, -0.2) is 14.4 Å². The molecule has 0 aliphatic rings. The maximum absolute atomic E-state index is 12.9. The van der Waals surface area contributed by atoms with E-state index in [2.05, 4.69) is 116 Å². The quantitative estimate of drug-likeness (QED) is 0.0976. The van der Waals surface area contributed by atoms with E-state index in [0.29, 0.717) is 28.6 Å². The molecule has 0 radical (unpaired) electrons. The minimum absolute atomic E-state index is 0.122. The Labute approximate surface area is 439 Å². The number of carbonyl (C=O) groups excluding carboxylic acids is 4. The molecule has 0 fully saturated rings. The predicted octanol–water partition coefficient (Wildman–Crippen LogP) is 6.53. The lowest BCUT2D eigenvalue weighted by molar-refractivity contribution is 0.0924. The topological polar surface area (TPSA) is 283 Å². The highest BCUT2D eigenvalue weighted by Gasteiger charge is 2.50. The SMILES string of the molecule is CC(=O)n1nnc2ccccc21.CCNC(=O)n1nnc2ccccc21.CO[Si](CNC(=O)n1nnc2ccccc21)(OC)OC.C[Si](C)(C)O[Si](CNC(=O)n1nnc2ccccc21)(O[Si](C)(C)C)O[Si](C)(C)C. The Bertz CT molecular complexity index is 3130. The Morgan fingerprint density at radius 3 is 0.973 bits per heavy atom. The largest absolute Gasteiger partial charge is 0.520 e. The fraction of sp³-hybridized carbons (Fsp3) is 0.378. The molecule has 30 heteroatoms. The number of nitrogens with one attached hydrogen (secondary N) is 3.